The predicted molar refractivity (Wildman–Crippen MR) is 161 cm³/mol. The topological polar surface area (TPSA) is 418 Å². The van der Waals surface area contributed by atoms with E-state index in [1.54, 1.807) is 0 Å². The number of anilines is 2. The van der Waals surface area contributed by atoms with Crippen LogP contribution in [0.25, 0.3) is 22.3 Å². The summed E-state index contributed by atoms with van der Waals surface area (Å²) < 4.78 is 69.2. The van der Waals surface area contributed by atoms with Crippen LogP contribution in [0.3, 0.4) is 0 Å². The largest absolute Gasteiger partial charge is 0.756 e. The van der Waals surface area contributed by atoms with Gasteiger partial charge in [0.25, 0.3) is 46.5 Å². The summed E-state index contributed by atoms with van der Waals surface area (Å²) >= 11 is 0. The van der Waals surface area contributed by atoms with E-state index in [2.05, 4.69) is 37.6 Å². The molecule has 28 nitrogen and oxygen atoms in total. The van der Waals surface area contributed by atoms with E-state index >= 15 is 0 Å². The van der Waals surface area contributed by atoms with Gasteiger partial charge in [0.2, 0.25) is 23.5 Å². The van der Waals surface area contributed by atoms with Crippen molar-refractivity contribution in [2.75, 3.05) is 24.7 Å². The number of hydrogen-bond donors (Lipinski definition) is 8. The summed E-state index contributed by atoms with van der Waals surface area (Å²) in [5.41, 5.74) is 9.68. The lowest BCUT2D eigenvalue weighted by Crippen LogP contribution is -2.46. The van der Waals surface area contributed by atoms with E-state index in [1.165, 1.54) is 35.9 Å². The number of hydrogen-bond acceptors (Lipinski definition) is 22. The summed E-state index contributed by atoms with van der Waals surface area (Å²) in [4.78, 5) is 74.1. The average Bonchev–Trinajstić information content (AvgIpc) is 3.71. The van der Waals surface area contributed by atoms with Gasteiger partial charge >= 0.3 is 11.3 Å². The van der Waals surface area contributed by atoms with E-state index in [-0.39, 0.29) is 34.2 Å². The summed E-state index contributed by atoms with van der Waals surface area (Å²) in [6.45, 7) is -2.37. The molecule has 0 radical (unpaired) electrons. The van der Waals surface area contributed by atoms with Gasteiger partial charge in [-0.1, -0.05) is 9.97 Å². The number of ether oxygens (including phenoxy) is 2. The van der Waals surface area contributed by atoms with Crippen molar-refractivity contribution in [3.63, 3.8) is 0 Å². The van der Waals surface area contributed by atoms with Gasteiger partial charge in [0.1, 0.15) is 36.6 Å². The zero-order valence-electron chi connectivity index (χ0n) is 26.9. The van der Waals surface area contributed by atoms with Crippen LogP contribution in [-0.4, -0.2) is 99.3 Å². The molecule has 292 valence electrons. The maximum absolute atomic E-state index is 12.3. The fourth-order valence-electron chi connectivity index (χ4n) is 5.74. The second-order valence-electron chi connectivity index (χ2n) is 11.7. The van der Waals surface area contributed by atoms with Gasteiger partial charge in [0.15, 0.2) is 12.7 Å². The minimum Gasteiger partial charge on any atom is -0.756 e. The molecule has 10 N–H and O–H groups in total. The normalized spacial score (nSPS) is 29.8. The van der Waals surface area contributed by atoms with E-state index in [4.69, 9.17) is 20.9 Å². The highest BCUT2D eigenvalue weighted by Crippen LogP contribution is 2.63. The lowest BCUT2D eigenvalue weighted by Gasteiger charge is -2.34. The first-order chi connectivity index (χ1) is 24.6. The van der Waals surface area contributed by atoms with E-state index in [0.717, 1.165) is 9.13 Å². The van der Waals surface area contributed by atoms with Gasteiger partial charge in [-0.25, -0.2) is 17.8 Å². The first-order valence-electron chi connectivity index (χ1n) is 14.8. The first-order valence-corrected chi connectivity index (χ1v) is 19.2. The number of rotatable bonds is 12. The Hall–Kier alpha value is -3.53. The molecule has 4 aromatic heterocycles. The highest BCUT2D eigenvalue weighted by Gasteiger charge is 2.49. The number of aliphatic hydroxyl groups is 4. The van der Waals surface area contributed by atoms with Crippen molar-refractivity contribution in [3.8, 4) is 0 Å². The Morgan fingerprint density at radius 2 is 1.09 bits per heavy atom. The average molecular weight is 815 g/mol. The van der Waals surface area contributed by atoms with Crippen LogP contribution in [0.5, 0.6) is 0 Å². The van der Waals surface area contributed by atoms with E-state index in [0.29, 0.717) is 0 Å². The SMILES string of the molecule is Cn1c[n+](C2O[C@H](COP(=O)([O-])OP(=O)([O-])OP(=O)([O-])OC[C@H]3OC([n+]4cn(C)c5c(=O)[nH]c(N)nc54)[C@H](O)[C@@H]3O)[C@@H](O)[C@H]2O)c2nc(N)[nH]c(=O)c21. The number of phosphoric ester groups is 2. The smallest absolute Gasteiger partial charge is 0.313 e. The molecule has 4 aromatic rings. The summed E-state index contributed by atoms with van der Waals surface area (Å²) in [6, 6.07) is 0. The Labute approximate surface area is 293 Å². The number of nitrogens with one attached hydrogen (secondary N) is 2. The van der Waals surface area contributed by atoms with Crippen LogP contribution >= 0.6 is 23.5 Å². The van der Waals surface area contributed by atoms with Gasteiger partial charge < -0.3 is 65.1 Å². The van der Waals surface area contributed by atoms with Gasteiger partial charge in [0.05, 0.1) is 27.3 Å². The number of H-pyrrole nitrogens is 2. The third-order valence-electron chi connectivity index (χ3n) is 8.00. The highest BCUT2D eigenvalue weighted by molar-refractivity contribution is 7.65. The zero-order chi connectivity index (χ0) is 38.9. The lowest BCUT2D eigenvalue weighted by molar-refractivity contribution is -0.746. The minimum atomic E-state index is -6.38. The predicted octanol–water partition coefficient (Wildman–Crippen LogP) is -7.01. The molecule has 0 aliphatic carbocycles. The molecule has 31 heteroatoms. The van der Waals surface area contributed by atoms with Gasteiger partial charge in [-0.3, -0.25) is 42.4 Å². The second kappa shape index (κ2) is 14.0. The van der Waals surface area contributed by atoms with Crippen LogP contribution in [0.4, 0.5) is 11.9 Å². The van der Waals surface area contributed by atoms with E-state index in [1.807, 2.05) is 0 Å². The molecule has 53 heavy (non-hydrogen) atoms. The van der Waals surface area contributed by atoms with Crippen LogP contribution in [-0.2, 0) is 54.9 Å². The van der Waals surface area contributed by atoms with Gasteiger partial charge in [-0.05, 0) is 0 Å². The van der Waals surface area contributed by atoms with Crippen molar-refractivity contribution in [2.45, 2.75) is 49.1 Å². The van der Waals surface area contributed by atoms with Crippen LogP contribution < -0.4 is 46.4 Å². The molecule has 4 unspecified atom stereocenters. The maximum atomic E-state index is 12.3. The quantitative estimate of drug-likeness (QED) is 0.0486. The molecule has 2 saturated heterocycles. The van der Waals surface area contributed by atoms with Crippen molar-refractivity contribution >= 4 is 57.7 Å². The molecular weight excluding hydrogens is 785 g/mol. The number of fused-ring (bicyclic) bond motifs is 2. The number of aromatic nitrogens is 8. The molecule has 0 spiro atoms. The standard InChI is InChI=1S/C22H31N10O18P3/c1-29-5-31(15-9(29)17(37)27-21(23)25-15)19-13(35)11(33)7(47-19)3-45-51(39,40)49-53(43,44)50-52(41,42)46-4-8-12(34)14(36)20(48-8)32-6-30(2)10-16(32)26-22(24)28-18(10)38/h5-8,11-14,19-20,33-36H,3-4H2,1-2H3,(H7-2,23,24,25,26,27,28,37,38,39,40,41,42,43,44)/p-1/t7-,8-,11-,12-,13-,14-,19?,20?/m1/s1. The van der Waals surface area contributed by atoms with Crippen molar-refractivity contribution in [3.05, 3.63) is 33.4 Å². The number of nitrogens with zero attached hydrogens (tertiary/aromatic N) is 6. The minimum absolute atomic E-state index is 0.0106. The molecular formula is C22H30N10O18P3-. The lowest BCUT2D eigenvalue weighted by atomic mass is 10.1. The number of phosphoric acid groups is 3. The second-order valence-corrected chi connectivity index (χ2v) is 16.2. The molecule has 0 saturated carbocycles. The van der Waals surface area contributed by atoms with Crippen LogP contribution in [0.2, 0.25) is 0 Å². The monoisotopic (exact) mass is 815 g/mol. The first kappa shape index (κ1) is 39.2. The molecule has 6 heterocycles. The van der Waals surface area contributed by atoms with E-state index < -0.39 is 96.9 Å². The molecule has 2 aliphatic heterocycles. The van der Waals surface area contributed by atoms with Crippen LogP contribution in [0.15, 0.2) is 22.2 Å². The molecule has 10 atom stereocenters. The van der Waals surface area contributed by atoms with E-state index in [9.17, 15) is 58.4 Å². The highest BCUT2D eigenvalue weighted by atomic mass is 31.3. The van der Waals surface area contributed by atoms with Crippen LogP contribution in [0, 0.1) is 0 Å². The molecule has 0 aromatic carbocycles. The molecule has 0 amide bonds. The van der Waals surface area contributed by atoms with Crippen molar-refractivity contribution in [1.29, 1.82) is 0 Å². The number of aliphatic hydroxyl groups excluding tert-OH is 4. The Morgan fingerprint density at radius 1 is 0.736 bits per heavy atom. The third kappa shape index (κ3) is 7.72. The number of imidazole rings is 2. The number of aromatic amines is 2. The van der Waals surface area contributed by atoms with Crippen LogP contribution in [0.1, 0.15) is 12.5 Å². The fraction of sp³-hybridized carbons (Fsp3) is 0.545. The summed E-state index contributed by atoms with van der Waals surface area (Å²) in [5, 5.41) is 42.1. The summed E-state index contributed by atoms with van der Waals surface area (Å²) in [5.74, 6) is -0.595. The van der Waals surface area contributed by atoms with Gasteiger partial charge in [0, 0.05) is 0 Å². The summed E-state index contributed by atoms with van der Waals surface area (Å²) in [7, 11) is -15.5. The van der Waals surface area contributed by atoms with Crippen molar-refractivity contribution in [2.24, 2.45) is 14.1 Å². The Kier molecular flexibility index (Phi) is 10.3. The molecule has 2 fully saturated rings. The third-order valence-corrected chi connectivity index (χ3v) is 12.1. The van der Waals surface area contributed by atoms with Gasteiger partial charge in [-0.15, -0.1) is 0 Å². The fourth-order valence-corrected chi connectivity index (χ4v) is 9.12. The zero-order valence-corrected chi connectivity index (χ0v) is 29.6. The Bertz CT molecular complexity index is 2170. The van der Waals surface area contributed by atoms with Gasteiger partial charge in [-0.2, -0.15) is 0 Å². The maximum Gasteiger partial charge on any atom is 0.313 e. The Morgan fingerprint density at radius 3 is 1.45 bits per heavy atom. The Balaban J connectivity index is 1.05. The van der Waals surface area contributed by atoms with Crippen molar-refractivity contribution < 1.29 is 85.1 Å². The molecule has 0 bridgehead atoms. The number of nitrogen functional groups attached to an aromatic ring is 2. The molecule has 6 rings (SSSR count). The summed E-state index contributed by atoms with van der Waals surface area (Å²) in [6.07, 6.45) is -11.1. The number of aryl methyl sites for hydroxylation is 2. The van der Waals surface area contributed by atoms with Crippen molar-refractivity contribution in [1.82, 2.24) is 29.1 Å². The number of nitrogens with two attached hydrogens (primary N) is 2. The molecule has 2 aliphatic rings.